The Labute approximate surface area is 108 Å². The number of hydrogen-bond acceptors (Lipinski definition) is 3. The normalized spacial score (nSPS) is 20.5. The van der Waals surface area contributed by atoms with Crippen LogP contribution in [0.4, 0.5) is 0 Å². The molecule has 1 atom stereocenters. The Hall–Kier alpha value is -0.710. The van der Waals surface area contributed by atoms with Crippen molar-refractivity contribution < 1.29 is 9.59 Å². The molecule has 0 aromatic heterocycles. The highest BCUT2D eigenvalue weighted by Crippen LogP contribution is 2.26. The molecule has 0 aromatic carbocycles. The molecule has 0 spiro atoms. The number of amides is 2. The largest absolute Gasteiger partial charge is 0.355 e. The zero-order valence-electron chi connectivity index (χ0n) is 11.1. The molecule has 2 amide bonds. The van der Waals surface area contributed by atoms with Crippen LogP contribution in [0.15, 0.2) is 0 Å². The Balaban J connectivity index is 2.63. The number of nitrogens with zero attached hydrogens (tertiary/aromatic N) is 1. The smallest absolute Gasteiger partial charge is 0.243 e. The van der Waals surface area contributed by atoms with Gasteiger partial charge in [0.05, 0.1) is 5.88 Å². The third-order valence-electron chi connectivity index (χ3n) is 2.54. The van der Waals surface area contributed by atoms with E-state index in [4.69, 9.17) is 0 Å². The highest BCUT2D eigenvalue weighted by Gasteiger charge is 2.35. The van der Waals surface area contributed by atoms with Crippen LogP contribution in [0.2, 0.25) is 0 Å². The third-order valence-corrected chi connectivity index (χ3v) is 3.55. The first-order valence-electron chi connectivity index (χ1n) is 6.00. The Morgan fingerprint density at radius 1 is 1.41 bits per heavy atom. The summed E-state index contributed by atoms with van der Waals surface area (Å²) < 4.78 is 0. The summed E-state index contributed by atoms with van der Waals surface area (Å²) in [4.78, 5) is 25.6. The van der Waals surface area contributed by atoms with Crippen LogP contribution in [0, 0.1) is 5.41 Å². The van der Waals surface area contributed by atoms with Gasteiger partial charge in [-0.1, -0.05) is 20.8 Å². The number of nitrogens with one attached hydrogen (secondary N) is 1. The van der Waals surface area contributed by atoms with Crippen molar-refractivity contribution in [3.63, 3.8) is 0 Å². The van der Waals surface area contributed by atoms with Crippen LogP contribution in [0.5, 0.6) is 0 Å². The summed E-state index contributed by atoms with van der Waals surface area (Å²) in [5.41, 5.74) is -0.0316. The molecule has 0 aromatic rings. The van der Waals surface area contributed by atoms with Crippen molar-refractivity contribution in [1.82, 2.24) is 10.2 Å². The Kier molecular flexibility index (Phi) is 4.86. The molecule has 0 unspecified atom stereocenters. The summed E-state index contributed by atoms with van der Waals surface area (Å²) in [7, 11) is 0. The molecular formula is C12H22N2O2S. The van der Waals surface area contributed by atoms with Gasteiger partial charge in [0.25, 0.3) is 0 Å². The molecular weight excluding hydrogens is 236 g/mol. The molecule has 1 saturated heterocycles. The number of carbonyl (C=O) groups is 2. The molecule has 4 nitrogen and oxygen atoms in total. The quantitative estimate of drug-likeness (QED) is 0.834. The molecule has 0 bridgehead atoms. The van der Waals surface area contributed by atoms with E-state index in [0.29, 0.717) is 24.6 Å². The predicted molar refractivity (Wildman–Crippen MR) is 70.7 cm³/mol. The van der Waals surface area contributed by atoms with Crippen LogP contribution in [0.1, 0.15) is 34.1 Å². The molecule has 1 N–H and O–H groups in total. The average Bonchev–Trinajstić information content (AvgIpc) is 2.63. The van der Waals surface area contributed by atoms with Gasteiger partial charge in [-0.25, -0.2) is 0 Å². The Bertz CT molecular complexity index is 299. The average molecular weight is 258 g/mol. The van der Waals surface area contributed by atoms with Crippen molar-refractivity contribution in [2.45, 2.75) is 40.2 Å². The summed E-state index contributed by atoms with van der Waals surface area (Å²) in [6.07, 6.45) is 0.490. The lowest BCUT2D eigenvalue weighted by Crippen LogP contribution is -2.47. The van der Waals surface area contributed by atoms with Crippen molar-refractivity contribution in [3.05, 3.63) is 0 Å². The highest BCUT2D eigenvalue weighted by atomic mass is 32.2. The first-order chi connectivity index (χ1) is 7.85. The second-order valence-electron chi connectivity index (χ2n) is 5.51. The zero-order valence-corrected chi connectivity index (χ0v) is 11.9. The van der Waals surface area contributed by atoms with Crippen molar-refractivity contribution in [3.8, 4) is 0 Å². The fourth-order valence-corrected chi connectivity index (χ4v) is 2.93. The zero-order chi connectivity index (χ0) is 13.1. The van der Waals surface area contributed by atoms with Gasteiger partial charge < -0.3 is 10.2 Å². The van der Waals surface area contributed by atoms with E-state index in [1.54, 1.807) is 16.7 Å². The number of likely N-dealkylation sites (N-methyl/N-ethyl adjacent to an activating group) is 1. The maximum absolute atomic E-state index is 12.1. The van der Waals surface area contributed by atoms with Gasteiger partial charge in [0.1, 0.15) is 6.04 Å². The number of thioether (sulfide) groups is 1. The van der Waals surface area contributed by atoms with E-state index in [0.717, 1.165) is 0 Å². The first-order valence-corrected chi connectivity index (χ1v) is 7.15. The summed E-state index contributed by atoms with van der Waals surface area (Å²) in [5, 5.41) is 2.79. The topological polar surface area (TPSA) is 49.4 Å². The van der Waals surface area contributed by atoms with E-state index in [2.05, 4.69) is 5.32 Å². The Morgan fingerprint density at radius 2 is 2.06 bits per heavy atom. The van der Waals surface area contributed by atoms with Gasteiger partial charge in [-0.15, -0.1) is 11.8 Å². The monoisotopic (exact) mass is 258 g/mol. The molecule has 1 rings (SSSR count). The molecule has 0 radical (unpaired) electrons. The van der Waals surface area contributed by atoms with Gasteiger partial charge in [0, 0.05) is 18.7 Å². The minimum atomic E-state index is -0.283. The van der Waals surface area contributed by atoms with Crippen molar-refractivity contribution in [1.29, 1.82) is 0 Å². The molecule has 5 heteroatoms. The molecule has 17 heavy (non-hydrogen) atoms. The van der Waals surface area contributed by atoms with Crippen molar-refractivity contribution >= 4 is 23.6 Å². The molecule has 1 heterocycles. The van der Waals surface area contributed by atoms with E-state index in [9.17, 15) is 9.59 Å². The molecule has 0 aliphatic carbocycles. The van der Waals surface area contributed by atoms with Crippen LogP contribution in [-0.4, -0.2) is 40.9 Å². The summed E-state index contributed by atoms with van der Waals surface area (Å²) in [6.45, 7) is 8.61. The fraction of sp³-hybridized carbons (Fsp3) is 0.833. The standard InChI is InChI=1S/C12H22N2O2S/c1-5-13-11(16)9-7-17-8-14(9)10(15)6-12(2,3)4/h9H,5-8H2,1-4H3,(H,13,16)/t9-/m1/s1. The van der Waals surface area contributed by atoms with Crippen LogP contribution in [-0.2, 0) is 9.59 Å². The molecule has 98 valence electrons. The lowest BCUT2D eigenvalue weighted by atomic mass is 9.91. The van der Waals surface area contributed by atoms with E-state index in [-0.39, 0.29) is 23.3 Å². The van der Waals surface area contributed by atoms with Gasteiger partial charge in [0.2, 0.25) is 11.8 Å². The lowest BCUT2D eigenvalue weighted by molar-refractivity contribution is -0.139. The summed E-state index contributed by atoms with van der Waals surface area (Å²) in [6, 6.07) is -0.283. The van der Waals surface area contributed by atoms with E-state index in [1.807, 2.05) is 27.7 Å². The van der Waals surface area contributed by atoms with Gasteiger partial charge in [-0.05, 0) is 12.3 Å². The van der Waals surface area contributed by atoms with Crippen LogP contribution in [0.25, 0.3) is 0 Å². The minimum absolute atomic E-state index is 0.0280. The molecule has 1 aliphatic heterocycles. The SMILES string of the molecule is CCNC(=O)[C@H]1CSCN1C(=O)CC(C)(C)C. The van der Waals surface area contributed by atoms with E-state index >= 15 is 0 Å². The lowest BCUT2D eigenvalue weighted by Gasteiger charge is -2.26. The fourth-order valence-electron chi connectivity index (χ4n) is 1.75. The minimum Gasteiger partial charge on any atom is -0.355 e. The molecule has 1 fully saturated rings. The van der Waals surface area contributed by atoms with Crippen LogP contribution < -0.4 is 5.32 Å². The Morgan fingerprint density at radius 3 is 2.59 bits per heavy atom. The van der Waals surface area contributed by atoms with E-state index < -0.39 is 0 Å². The third kappa shape index (κ3) is 4.22. The second-order valence-corrected chi connectivity index (χ2v) is 6.51. The first kappa shape index (κ1) is 14.4. The molecule has 1 aliphatic rings. The van der Waals surface area contributed by atoms with Crippen LogP contribution >= 0.6 is 11.8 Å². The number of rotatable bonds is 3. The van der Waals surface area contributed by atoms with Crippen molar-refractivity contribution in [2.24, 2.45) is 5.41 Å². The van der Waals surface area contributed by atoms with Gasteiger partial charge >= 0.3 is 0 Å². The summed E-state index contributed by atoms with van der Waals surface area (Å²) in [5.74, 6) is 1.40. The van der Waals surface area contributed by atoms with Gasteiger partial charge in [0.15, 0.2) is 0 Å². The summed E-state index contributed by atoms with van der Waals surface area (Å²) >= 11 is 1.64. The van der Waals surface area contributed by atoms with Gasteiger partial charge in [-0.3, -0.25) is 9.59 Å². The van der Waals surface area contributed by atoms with Gasteiger partial charge in [-0.2, -0.15) is 0 Å². The second kappa shape index (κ2) is 5.76. The predicted octanol–water partition coefficient (Wildman–Crippen LogP) is 1.46. The highest BCUT2D eigenvalue weighted by molar-refractivity contribution is 7.99. The maximum atomic E-state index is 12.1. The number of hydrogen-bond donors (Lipinski definition) is 1. The van der Waals surface area contributed by atoms with Crippen LogP contribution in [0.3, 0.4) is 0 Å². The number of carbonyl (C=O) groups excluding carboxylic acids is 2. The maximum Gasteiger partial charge on any atom is 0.243 e. The van der Waals surface area contributed by atoms with Crippen molar-refractivity contribution in [2.75, 3.05) is 18.2 Å². The molecule has 0 saturated carbocycles. The van der Waals surface area contributed by atoms with E-state index in [1.165, 1.54) is 0 Å².